The predicted molar refractivity (Wildman–Crippen MR) is 64.7 cm³/mol. The molecule has 0 radical (unpaired) electrons. The lowest BCUT2D eigenvalue weighted by Crippen LogP contribution is -2.11. The zero-order valence-corrected chi connectivity index (χ0v) is 10.1. The smallest absolute Gasteiger partial charge is 0.140 e. The summed E-state index contributed by atoms with van der Waals surface area (Å²) in [7, 11) is 1.67. The second kappa shape index (κ2) is 4.97. The van der Waals surface area contributed by atoms with Crippen LogP contribution in [0.15, 0.2) is 24.5 Å². The van der Waals surface area contributed by atoms with Crippen LogP contribution in [0.1, 0.15) is 17.0 Å². The number of aromatic nitrogens is 3. The normalized spacial score (nSPS) is 10.5. The molecule has 2 N–H and O–H groups in total. The molecule has 0 aliphatic heterocycles. The minimum atomic E-state index is 0.383. The fourth-order valence-corrected chi connectivity index (χ4v) is 1.77. The van der Waals surface area contributed by atoms with E-state index < -0.39 is 0 Å². The molecule has 17 heavy (non-hydrogen) atoms. The quantitative estimate of drug-likeness (QED) is 0.857. The maximum absolute atomic E-state index is 5.59. The van der Waals surface area contributed by atoms with E-state index in [1.165, 1.54) is 11.9 Å². The van der Waals surface area contributed by atoms with Crippen LogP contribution in [0.5, 0.6) is 5.75 Å². The summed E-state index contributed by atoms with van der Waals surface area (Å²) in [5.74, 6) is 1.63. The van der Waals surface area contributed by atoms with E-state index in [1.807, 2.05) is 19.1 Å². The highest BCUT2D eigenvalue weighted by Crippen LogP contribution is 2.20. The average molecular weight is 232 g/mol. The minimum Gasteiger partial charge on any atom is -0.496 e. The van der Waals surface area contributed by atoms with Crippen molar-refractivity contribution in [3.05, 3.63) is 41.5 Å². The van der Waals surface area contributed by atoms with E-state index in [9.17, 15) is 0 Å². The summed E-state index contributed by atoms with van der Waals surface area (Å²) in [4.78, 5) is 4.09. The molecule has 2 aromatic rings. The first-order chi connectivity index (χ1) is 8.24. The topological polar surface area (TPSA) is 66.0 Å². The van der Waals surface area contributed by atoms with Crippen LogP contribution in [0.4, 0.5) is 0 Å². The van der Waals surface area contributed by atoms with Crippen LogP contribution in [0.3, 0.4) is 0 Å². The molecule has 0 fully saturated rings. The average Bonchev–Trinajstić information content (AvgIpc) is 2.77. The Morgan fingerprint density at radius 2 is 2.24 bits per heavy atom. The molecular formula is C12H16N4O. The van der Waals surface area contributed by atoms with Gasteiger partial charge in [-0.1, -0.05) is 17.7 Å². The van der Waals surface area contributed by atoms with E-state index in [-0.39, 0.29) is 0 Å². The van der Waals surface area contributed by atoms with E-state index >= 15 is 0 Å². The highest BCUT2D eigenvalue weighted by atomic mass is 16.5. The van der Waals surface area contributed by atoms with Gasteiger partial charge in [0, 0.05) is 5.56 Å². The van der Waals surface area contributed by atoms with Crippen molar-refractivity contribution in [2.24, 2.45) is 5.73 Å². The molecule has 0 amide bonds. The number of aryl methyl sites for hydroxylation is 1. The molecule has 1 aromatic carbocycles. The molecule has 0 unspecified atom stereocenters. The van der Waals surface area contributed by atoms with E-state index in [0.29, 0.717) is 13.1 Å². The zero-order valence-electron chi connectivity index (χ0n) is 10.1. The second-order valence-corrected chi connectivity index (χ2v) is 3.85. The van der Waals surface area contributed by atoms with Gasteiger partial charge in [0.15, 0.2) is 0 Å². The van der Waals surface area contributed by atoms with Crippen LogP contribution < -0.4 is 10.5 Å². The standard InChI is InChI=1S/C12H16N4O/c1-9-3-4-11(17-2)10(5-9)7-16-12(6-13)14-8-15-16/h3-5,8H,6-7,13H2,1-2H3. The fraction of sp³-hybridized carbons (Fsp3) is 0.333. The number of benzene rings is 1. The molecule has 0 saturated carbocycles. The Kier molecular flexibility index (Phi) is 3.39. The van der Waals surface area contributed by atoms with Crippen LogP contribution in [-0.4, -0.2) is 21.9 Å². The molecule has 2 rings (SSSR count). The molecule has 0 atom stereocenters. The van der Waals surface area contributed by atoms with Crippen LogP contribution in [0.2, 0.25) is 0 Å². The van der Waals surface area contributed by atoms with Gasteiger partial charge in [0.2, 0.25) is 0 Å². The van der Waals surface area contributed by atoms with Crippen LogP contribution in [0, 0.1) is 6.92 Å². The highest BCUT2D eigenvalue weighted by molar-refractivity contribution is 5.36. The molecule has 0 spiro atoms. The first-order valence-corrected chi connectivity index (χ1v) is 5.45. The summed E-state index contributed by atoms with van der Waals surface area (Å²) >= 11 is 0. The van der Waals surface area contributed by atoms with Crippen LogP contribution in [-0.2, 0) is 13.1 Å². The Morgan fingerprint density at radius 1 is 1.41 bits per heavy atom. The van der Waals surface area contributed by atoms with Gasteiger partial charge in [0.05, 0.1) is 20.2 Å². The number of hydrogen-bond acceptors (Lipinski definition) is 4. The van der Waals surface area contributed by atoms with E-state index in [2.05, 4.69) is 16.1 Å². The molecule has 5 nitrogen and oxygen atoms in total. The van der Waals surface area contributed by atoms with Crippen molar-refractivity contribution in [1.29, 1.82) is 0 Å². The Balaban J connectivity index is 2.32. The number of nitrogens with two attached hydrogens (primary N) is 1. The third-order valence-corrected chi connectivity index (χ3v) is 2.63. The zero-order chi connectivity index (χ0) is 12.3. The Hall–Kier alpha value is -1.88. The molecule has 1 heterocycles. The number of rotatable bonds is 4. The first-order valence-electron chi connectivity index (χ1n) is 5.45. The lowest BCUT2D eigenvalue weighted by atomic mass is 10.1. The Bertz CT molecular complexity index is 507. The van der Waals surface area contributed by atoms with Crippen molar-refractivity contribution >= 4 is 0 Å². The van der Waals surface area contributed by atoms with Gasteiger partial charge in [-0.3, -0.25) is 0 Å². The van der Waals surface area contributed by atoms with Gasteiger partial charge in [-0.25, -0.2) is 9.67 Å². The van der Waals surface area contributed by atoms with Crippen LogP contribution in [0.25, 0.3) is 0 Å². The SMILES string of the molecule is COc1ccc(C)cc1Cn1ncnc1CN. The lowest BCUT2D eigenvalue weighted by molar-refractivity contribution is 0.406. The molecule has 1 aromatic heterocycles. The molecule has 0 aliphatic rings. The van der Waals surface area contributed by atoms with Crippen molar-refractivity contribution in [3.63, 3.8) is 0 Å². The first kappa shape index (κ1) is 11.6. The Labute approximate surface area is 100 Å². The van der Waals surface area contributed by atoms with Gasteiger partial charge >= 0.3 is 0 Å². The summed E-state index contributed by atoms with van der Waals surface area (Å²) in [6.45, 7) is 3.06. The van der Waals surface area contributed by atoms with E-state index in [4.69, 9.17) is 10.5 Å². The van der Waals surface area contributed by atoms with Crippen molar-refractivity contribution < 1.29 is 4.74 Å². The van der Waals surface area contributed by atoms with Crippen molar-refractivity contribution in [2.45, 2.75) is 20.0 Å². The predicted octanol–water partition coefficient (Wildman–Crippen LogP) is 1.10. The lowest BCUT2D eigenvalue weighted by Gasteiger charge is -2.10. The number of hydrogen-bond donors (Lipinski definition) is 1. The summed E-state index contributed by atoms with van der Waals surface area (Å²) in [5.41, 5.74) is 7.86. The van der Waals surface area contributed by atoms with E-state index in [1.54, 1.807) is 11.8 Å². The van der Waals surface area contributed by atoms with Gasteiger partial charge in [-0.2, -0.15) is 5.10 Å². The second-order valence-electron chi connectivity index (χ2n) is 3.85. The number of nitrogens with zero attached hydrogens (tertiary/aromatic N) is 3. The fourth-order valence-electron chi connectivity index (χ4n) is 1.77. The van der Waals surface area contributed by atoms with Gasteiger partial charge in [0.25, 0.3) is 0 Å². The molecule has 0 aliphatic carbocycles. The van der Waals surface area contributed by atoms with Crippen molar-refractivity contribution in [3.8, 4) is 5.75 Å². The number of ether oxygens (including phenoxy) is 1. The van der Waals surface area contributed by atoms with Crippen LogP contribution >= 0.6 is 0 Å². The minimum absolute atomic E-state index is 0.383. The molecule has 90 valence electrons. The van der Waals surface area contributed by atoms with E-state index in [0.717, 1.165) is 17.1 Å². The summed E-state index contributed by atoms with van der Waals surface area (Å²) < 4.78 is 7.12. The summed E-state index contributed by atoms with van der Waals surface area (Å²) in [6, 6.07) is 6.07. The van der Waals surface area contributed by atoms with Gasteiger partial charge in [-0.15, -0.1) is 0 Å². The maximum atomic E-state index is 5.59. The summed E-state index contributed by atoms with van der Waals surface area (Å²) in [6.07, 6.45) is 1.52. The molecule has 5 heteroatoms. The van der Waals surface area contributed by atoms with Gasteiger partial charge in [0.1, 0.15) is 17.9 Å². The monoisotopic (exact) mass is 232 g/mol. The Morgan fingerprint density at radius 3 is 2.94 bits per heavy atom. The third-order valence-electron chi connectivity index (χ3n) is 2.63. The maximum Gasteiger partial charge on any atom is 0.140 e. The van der Waals surface area contributed by atoms with Crippen molar-refractivity contribution in [2.75, 3.05) is 7.11 Å². The molecule has 0 saturated heterocycles. The molecular weight excluding hydrogens is 216 g/mol. The summed E-state index contributed by atoms with van der Waals surface area (Å²) in [5, 5.41) is 4.16. The van der Waals surface area contributed by atoms with Gasteiger partial charge < -0.3 is 10.5 Å². The third kappa shape index (κ3) is 2.45. The largest absolute Gasteiger partial charge is 0.496 e. The molecule has 0 bridgehead atoms. The highest BCUT2D eigenvalue weighted by Gasteiger charge is 2.07. The number of methoxy groups -OCH3 is 1. The van der Waals surface area contributed by atoms with Crippen molar-refractivity contribution in [1.82, 2.24) is 14.8 Å². The van der Waals surface area contributed by atoms with Gasteiger partial charge in [-0.05, 0) is 13.0 Å².